The van der Waals surface area contributed by atoms with Crippen molar-refractivity contribution < 1.29 is 4.79 Å². The lowest BCUT2D eigenvalue weighted by Crippen LogP contribution is -2.44. The highest BCUT2D eigenvalue weighted by atomic mass is 32.1. The first kappa shape index (κ1) is 14.9. The fourth-order valence-corrected chi connectivity index (χ4v) is 1.83. The molecule has 108 valence electrons. The van der Waals surface area contributed by atoms with Gasteiger partial charge in [0.25, 0.3) is 5.91 Å². The van der Waals surface area contributed by atoms with Crippen LogP contribution in [0.4, 0.5) is 5.69 Å². The number of nitrogens with zero attached hydrogens (tertiary/aromatic N) is 1. The van der Waals surface area contributed by atoms with E-state index in [0.29, 0.717) is 10.8 Å². The Morgan fingerprint density at radius 2 is 1.90 bits per heavy atom. The molecule has 1 amide bonds. The molecule has 0 aliphatic carbocycles. The number of benzene rings is 1. The Hall–Kier alpha value is -2.47. The molecule has 1 aromatic heterocycles. The van der Waals surface area contributed by atoms with Gasteiger partial charge in [-0.15, -0.1) is 0 Å². The Morgan fingerprint density at radius 1 is 1.14 bits per heavy atom. The van der Waals surface area contributed by atoms with Gasteiger partial charge >= 0.3 is 0 Å². The van der Waals surface area contributed by atoms with Crippen LogP contribution in [0.1, 0.15) is 23.0 Å². The second kappa shape index (κ2) is 7.35. The predicted octanol–water partition coefficient (Wildman–Crippen LogP) is 2.28. The van der Waals surface area contributed by atoms with E-state index in [2.05, 4.69) is 28.1 Å². The number of rotatable bonds is 3. The molecule has 0 unspecified atom stereocenters. The van der Waals surface area contributed by atoms with E-state index in [0.717, 1.165) is 12.1 Å². The van der Waals surface area contributed by atoms with Gasteiger partial charge in [0.15, 0.2) is 5.11 Å². The molecule has 0 fully saturated rings. The minimum absolute atomic E-state index is 0.309. The third-order valence-corrected chi connectivity index (χ3v) is 3.01. The van der Waals surface area contributed by atoms with Crippen molar-refractivity contribution in [2.75, 3.05) is 5.32 Å². The molecular formula is C15H16N4OS. The number of anilines is 1. The Kier molecular flexibility index (Phi) is 5.22. The van der Waals surface area contributed by atoms with Crippen LogP contribution in [0.25, 0.3) is 0 Å². The topological polar surface area (TPSA) is 66.0 Å². The zero-order chi connectivity index (χ0) is 15.1. The molecule has 21 heavy (non-hydrogen) atoms. The third-order valence-electron chi connectivity index (χ3n) is 2.81. The average Bonchev–Trinajstić information content (AvgIpc) is 2.54. The number of nitrogens with one attached hydrogen (secondary N) is 3. The summed E-state index contributed by atoms with van der Waals surface area (Å²) >= 11 is 5.11. The second-order valence-corrected chi connectivity index (χ2v) is 4.71. The van der Waals surface area contributed by atoms with Crippen LogP contribution in [0.3, 0.4) is 0 Å². The van der Waals surface area contributed by atoms with Gasteiger partial charge in [0.1, 0.15) is 5.69 Å². The van der Waals surface area contributed by atoms with E-state index in [4.69, 9.17) is 12.2 Å². The van der Waals surface area contributed by atoms with Gasteiger partial charge in [-0.05, 0) is 48.5 Å². The Morgan fingerprint density at radius 3 is 2.52 bits per heavy atom. The van der Waals surface area contributed by atoms with E-state index >= 15 is 0 Å². The molecule has 0 aliphatic heterocycles. The van der Waals surface area contributed by atoms with E-state index in [9.17, 15) is 4.79 Å². The molecule has 5 nitrogen and oxygen atoms in total. The maximum Gasteiger partial charge on any atom is 0.288 e. The fraction of sp³-hybridized carbons (Fsp3) is 0.133. The zero-order valence-corrected chi connectivity index (χ0v) is 12.4. The minimum Gasteiger partial charge on any atom is -0.331 e. The van der Waals surface area contributed by atoms with Gasteiger partial charge < -0.3 is 5.32 Å². The Labute approximate surface area is 128 Å². The van der Waals surface area contributed by atoms with Crippen molar-refractivity contribution in [1.29, 1.82) is 0 Å². The van der Waals surface area contributed by atoms with Gasteiger partial charge in [0.2, 0.25) is 0 Å². The minimum atomic E-state index is -0.346. The zero-order valence-electron chi connectivity index (χ0n) is 11.6. The van der Waals surface area contributed by atoms with Gasteiger partial charge in [0, 0.05) is 11.9 Å². The van der Waals surface area contributed by atoms with Crippen molar-refractivity contribution in [2.24, 2.45) is 0 Å². The molecule has 0 aliphatic rings. The van der Waals surface area contributed by atoms with Gasteiger partial charge in [-0.2, -0.15) is 0 Å². The number of pyridine rings is 1. The van der Waals surface area contributed by atoms with Crippen molar-refractivity contribution in [1.82, 2.24) is 15.8 Å². The lowest BCUT2D eigenvalue weighted by molar-refractivity contribution is 0.0939. The first-order valence-electron chi connectivity index (χ1n) is 6.56. The van der Waals surface area contributed by atoms with E-state index in [1.807, 2.05) is 24.3 Å². The highest BCUT2D eigenvalue weighted by molar-refractivity contribution is 7.80. The van der Waals surface area contributed by atoms with Crippen molar-refractivity contribution in [3.8, 4) is 0 Å². The van der Waals surface area contributed by atoms with Gasteiger partial charge in [-0.25, -0.2) is 0 Å². The summed E-state index contributed by atoms with van der Waals surface area (Å²) in [5.74, 6) is -0.346. The maximum atomic E-state index is 11.8. The lowest BCUT2D eigenvalue weighted by atomic mass is 10.1. The van der Waals surface area contributed by atoms with Crippen LogP contribution in [0.15, 0.2) is 48.7 Å². The molecule has 2 aromatic rings. The average molecular weight is 300 g/mol. The Balaban J connectivity index is 1.83. The summed E-state index contributed by atoms with van der Waals surface area (Å²) in [6.07, 6.45) is 2.55. The van der Waals surface area contributed by atoms with Crippen LogP contribution in [0, 0.1) is 0 Å². The number of carbonyl (C=O) groups excluding carboxylic acids is 1. The van der Waals surface area contributed by atoms with E-state index in [1.165, 1.54) is 5.56 Å². The van der Waals surface area contributed by atoms with E-state index < -0.39 is 0 Å². The molecule has 0 radical (unpaired) electrons. The van der Waals surface area contributed by atoms with Crippen LogP contribution in [0.5, 0.6) is 0 Å². The highest BCUT2D eigenvalue weighted by Gasteiger charge is 2.06. The number of hydrogen-bond donors (Lipinski definition) is 3. The van der Waals surface area contributed by atoms with Crippen LogP contribution in [0.2, 0.25) is 0 Å². The molecule has 0 atom stereocenters. The molecule has 2 rings (SSSR count). The number of hydrogen-bond acceptors (Lipinski definition) is 3. The largest absolute Gasteiger partial charge is 0.331 e. The number of carbonyl (C=O) groups is 1. The first-order valence-corrected chi connectivity index (χ1v) is 6.97. The van der Waals surface area contributed by atoms with Crippen molar-refractivity contribution >= 4 is 28.9 Å². The lowest BCUT2D eigenvalue weighted by Gasteiger charge is -2.11. The quantitative estimate of drug-likeness (QED) is 0.599. The number of aromatic nitrogens is 1. The number of aryl methyl sites for hydroxylation is 1. The van der Waals surface area contributed by atoms with E-state index in [1.54, 1.807) is 24.4 Å². The molecule has 0 spiro atoms. The van der Waals surface area contributed by atoms with Crippen molar-refractivity contribution in [3.05, 3.63) is 59.9 Å². The molecule has 1 aromatic carbocycles. The standard InChI is InChI=1S/C15H16N4OS/c1-2-11-6-8-12(9-7-11)17-15(21)19-18-14(20)13-5-3-4-10-16-13/h3-10H,2H2,1H3,(H,18,20)(H2,17,19,21). The smallest absolute Gasteiger partial charge is 0.288 e. The Bertz CT molecular complexity index is 613. The van der Waals surface area contributed by atoms with Crippen LogP contribution < -0.4 is 16.2 Å². The van der Waals surface area contributed by atoms with Crippen LogP contribution in [-0.2, 0) is 6.42 Å². The molecular weight excluding hydrogens is 284 g/mol. The summed E-state index contributed by atoms with van der Waals surface area (Å²) in [4.78, 5) is 15.7. The highest BCUT2D eigenvalue weighted by Crippen LogP contribution is 2.09. The third kappa shape index (κ3) is 4.54. The summed E-state index contributed by atoms with van der Waals surface area (Å²) in [6.45, 7) is 2.10. The summed E-state index contributed by atoms with van der Waals surface area (Å²) < 4.78 is 0. The van der Waals surface area contributed by atoms with Gasteiger partial charge in [-0.3, -0.25) is 20.6 Å². The van der Waals surface area contributed by atoms with Gasteiger partial charge in [0.05, 0.1) is 0 Å². The van der Waals surface area contributed by atoms with Gasteiger partial charge in [-0.1, -0.05) is 25.1 Å². The molecule has 3 N–H and O–H groups in total. The summed E-state index contributed by atoms with van der Waals surface area (Å²) in [5.41, 5.74) is 7.56. The molecule has 6 heteroatoms. The number of amides is 1. The number of hydrazine groups is 1. The normalized spacial score (nSPS) is 9.76. The predicted molar refractivity (Wildman–Crippen MR) is 86.9 cm³/mol. The van der Waals surface area contributed by atoms with Crippen LogP contribution >= 0.6 is 12.2 Å². The summed E-state index contributed by atoms with van der Waals surface area (Å²) in [5, 5.41) is 3.29. The first-order chi connectivity index (χ1) is 10.2. The second-order valence-electron chi connectivity index (χ2n) is 4.30. The molecule has 0 saturated carbocycles. The summed E-state index contributed by atoms with van der Waals surface area (Å²) in [6, 6.07) is 13.0. The monoisotopic (exact) mass is 300 g/mol. The summed E-state index contributed by atoms with van der Waals surface area (Å²) in [7, 11) is 0. The van der Waals surface area contributed by atoms with Crippen molar-refractivity contribution in [2.45, 2.75) is 13.3 Å². The SMILES string of the molecule is CCc1ccc(NC(=S)NNC(=O)c2ccccn2)cc1. The van der Waals surface area contributed by atoms with E-state index in [-0.39, 0.29) is 5.91 Å². The molecule has 0 bridgehead atoms. The number of thiocarbonyl (C=S) groups is 1. The maximum absolute atomic E-state index is 11.8. The fourth-order valence-electron chi connectivity index (χ4n) is 1.66. The van der Waals surface area contributed by atoms with Crippen molar-refractivity contribution in [3.63, 3.8) is 0 Å². The molecule has 1 heterocycles. The van der Waals surface area contributed by atoms with Crippen LogP contribution in [-0.4, -0.2) is 16.0 Å². The molecule has 0 saturated heterocycles.